The summed E-state index contributed by atoms with van der Waals surface area (Å²) in [7, 11) is 0. The molecule has 0 aliphatic rings. The zero-order valence-electron chi connectivity index (χ0n) is 19.3. The largest absolute Gasteiger partial charge is 0.351 e. The number of aromatic amines is 6. The average molecular weight is 778 g/mol. The predicted molar refractivity (Wildman–Crippen MR) is 157 cm³/mol. The maximum atomic E-state index is 13.0. The van der Waals surface area contributed by atoms with Crippen LogP contribution in [0.5, 0.6) is 0 Å². The molecule has 12 N–H and O–H groups in total. The molecule has 38 heavy (non-hydrogen) atoms. The van der Waals surface area contributed by atoms with Gasteiger partial charge in [0.05, 0.1) is 18.2 Å². The third kappa shape index (κ3) is 6.86. The Balaban J connectivity index is 1.54. The first-order valence-electron chi connectivity index (χ1n) is 10.9. The molecular formula is C22H22Br4N10O2+2. The number of nitrogen functional groups attached to an aromatic ring is 2. The SMILES string of the molecule is Nc1[nH]c(/C=C/C(NC(=O)c2cc(Br)c(Br)[nH]2)c2[nH]c(N)[nH+]c2/C=C/CNC(=O)c2cc(Br)c(Br)[nH]2)c[nH+]1. The minimum absolute atomic E-state index is 0.250. The zero-order valence-corrected chi connectivity index (χ0v) is 25.7. The molecule has 2 amide bonds. The molecule has 1 atom stereocenters. The Bertz CT molecular complexity index is 1490. The third-order valence-electron chi connectivity index (χ3n) is 5.16. The number of anilines is 2. The van der Waals surface area contributed by atoms with E-state index in [-0.39, 0.29) is 18.4 Å². The molecule has 16 heteroatoms. The van der Waals surface area contributed by atoms with Crippen molar-refractivity contribution in [1.82, 2.24) is 30.6 Å². The van der Waals surface area contributed by atoms with E-state index in [2.05, 4.69) is 104 Å². The number of halogens is 4. The van der Waals surface area contributed by atoms with E-state index in [9.17, 15) is 9.59 Å². The van der Waals surface area contributed by atoms with Crippen LogP contribution in [0.3, 0.4) is 0 Å². The lowest BCUT2D eigenvalue weighted by atomic mass is 10.1. The molecule has 0 spiro atoms. The van der Waals surface area contributed by atoms with Crippen LogP contribution in [-0.2, 0) is 0 Å². The van der Waals surface area contributed by atoms with Crippen LogP contribution in [0.1, 0.15) is 44.1 Å². The minimum atomic E-state index is -0.621. The molecule has 198 valence electrons. The van der Waals surface area contributed by atoms with Crippen molar-refractivity contribution in [2.75, 3.05) is 18.0 Å². The minimum Gasteiger partial charge on any atom is -0.347 e. The van der Waals surface area contributed by atoms with Crippen molar-refractivity contribution in [3.63, 3.8) is 0 Å². The van der Waals surface area contributed by atoms with Gasteiger partial charge in [-0.05, 0) is 88.0 Å². The molecule has 1 unspecified atom stereocenters. The Morgan fingerprint density at radius 3 is 2.16 bits per heavy atom. The molecule has 0 saturated carbocycles. The Labute approximate surface area is 249 Å². The molecule has 0 radical (unpaired) electrons. The van der Waals surface area contributed by atoms with E-state index in [0.717, 1.165) is 4.47 Å². The van der Waals surface area contributed by atoms with E-state index in [1.54, 1.807) is 42.6 Å². The van der Waals surface area contributed by atoms with Crippen LogP contribution >= 0.6 is 63.7 Å². The smallest absolute Gasteiger partial charge is 0.347 e. The van der Waals surface area contributed by atoms with Gasteiger partial charge in [0.2, 0.25) is 0 Å². The van der Waals surface area contributed by atoms with E-state index < -0.39 is 6.04 Å². The standard InChI is InChI=1S/C22H20Br4N10O2/c23-10-6-14(32-17(10)25)19(37)29-5-1-2-12-16(36-22(28)35-12)13(4-3-9-8-30-21(27)31-9)34-20(38)15-7-11(24)18(26)33-15/h1-4,6-8,13,32-33H,5H2,(H,29,37)(H,34,38)(H3,27,30,31)(H3,28,35,36)/p+2/b2-1+,4-3+. The number of hydrogen-bond donors (Lipinski definition) is 8. The lowest BCUT2D eigenvalue weighted by molar-refractivity contribution is -0.361. The molecule has 4 aromatic rings. The van der Waals surface area contributed by atoms with Gasteiger partial charge in [-0.1, -0.05) is 12.2 Å². The van der Waals surface area contributed by atoms with Crippen molar-refractivity contribution in [1.29, 1.82) is 0 Å². The zero-order chi connectivity index (χ0) is 27.4. The predicted octanol–water partition coefficient (Wildman–Crippen LogP) is 3.47. The maximum absolute atomic E-state index is 13.0. The molecule has 4 rings (SSSR count). The van der Waals surface area contributed by atoms with Gasteiger partial charge in [-0.2, -0.15) is 0 Å². The second-order valence-electron chi connectivity index (χ2n) is 7.89. The highest BCUT2D eigenvalue weighted by atomic mass is 79.9. The second kappa shape index (κ2) is 12.2. The summed E-state index contributed by atoms with van der Waals surface area (Å²) in [6.07, 6.45) is 8.77. The molecule has 0 aliphatic heterocycles. The molecule has 4 heterocycles. The van der Waals surface area contributed by atoms with Crippen LogP contribution in [0.4, 0.5) is 11.9 Å². The Morgan fingerprint density at radius 2 is 1.58 bits per heavy atom. The number of nitrogens with two attached hydrogens (primary N) is 2. The number of aromatic nitrogens is 6. The van der Waals surface area contributed by atoms with Crippen LogP contribution in [0.2, 0.25) is 0 Å². The third-order valence-corrected chi connectivity index (χ3v) is 8.73. The van der Waals surface area contributed by atoms with Gasteiger partial charge in [0, 0.05) is 6.54 Å². The summed E-state index contributed by atoms with van der Waals surface area (Å²) >= 11 is 13.4. The number of imidazole rings is 2. The Morgan fingerprint density at radius 1 is 0.921 bits per heavy atom. The van der Waals surface area contributed by atoms with E-state index in [4.69, 9.17) is 11.5 Å². The lowest BCUT2D eigenvalue weighted by Crippen LogP contribution is -2.28. The van der Waals surface area contributed by atoms with E-state index >= 15 is 0 Å². The van der Waals surface area contributed by atoms with Crippen molar-refractivity contribution in [3.05, 3.63) is 77.1 Å². The van der Waals surface area contributed by atoms with Crippen LogP contribution in [0.25, 0.3) is 12.2 Å². The van der Waals surface area contributed by atoms with Crippen molar-refractivity contribution in [2.24, 2.45) is 0 Å². The van der Waals surface area contributed by atoms with Crippen molar-refractivity contribution >= 4 is 99.6 Å². The number of amides is 2. The van der Waals surface area contributed by atoms with Gasteiger partial charge in [0.25, 0.3) is 11.8 Å². The second-order valence-corrected chi connectivity index (χ2v) is 11.2. The van der Waals surface area contributed by atoms with Gasteiger partial charge in [0.1, 0.15) is 40.7 Å². The summed E-state index contributed by atoms with van der Waals surface area (Å²) in [6.45, 7) is 0.250. The fourth-order valence-electron chi connectivity index (χ4n) is 3.42. The first kappa shape index (κ1) is 27.9. The maximum Gasteiger partial charge on any atom is 0.351 e. The average Bonchev–Trinajstić information content (AvgIpc) is 3.63. The summed E-state index contributed by atoms with van der Waals surface area (Å²) in [5, 5.41) is 5.79. The molecular weight excluding hydrogens is 756 g/mol. The number of nitrogens with one attached hydrogen (secondary N) is 8. The number of carbonyl (C=O) groups is 2. The molecule has 12 nitrogen and oxygen atoms in total. The summed E-state index contributed by atoms with van der Waals surface area (Å²) in [5.74, 6) is 0.0770. The van der Waals surface area contributed by atoms with Crippen LogP contribution in [0, 0.1) is 0 Å². The Hall–Kier alpha value is -3.08. The van der Waals surface area contributed by atoms with E-state index in [0.29, 0.717) is 54.0 Å². The van der Waals surface area contributed by atoms with E-state index in [1.807, 2.05) is 0 Å². The normalized spacial score (nSPS) is 12.4. The number of rotatable bonds is 9. The highest BCUT2D eigenvalue weighted by molar-refractivity contribution is 9.13. The quantitative estimate of drug-likeness (QED) is 0.129. The summed E-state index contributed by atoms with van der Waals surface area (Å²) in [5.41, 5.74) is 14.4. The van der Waals surface area contributed by atoms with E-state index in [1.165, 1.54) is 0 Å². The van der Waals surface area contributed by atoms with Crippen LogP contribution < -0.4 is 32.1 Å². The van der Waals surface area contributed by atoms with Crippen LogP contribution in [0.15, 0.2) is 48.6 Å². The molecule has 0 aliphatic carbocycles. The highest BCUT2D eigenvalue weighted by Crippen LogP contribution is 2.25. The fourth-order valence-corrected chi connectivity index (χ4v) is 4.73. The first-order valence-corrected chi connectivity index (χ1v) is 14.1. The molecule has 0 fully saturated rings. The van der Waals surface area contributed by atoms with Crippen molar-refractivity contribution in [2.45, 2.75) is 6.04 Å². The number of H-pyrrole nitrogens is 6. The van der Waals surface area contributed by atoms with Crippen molar-refractivity contribution < 1.29 is 19.6 Å². The van der Waals surface area contributed by atoms with Gasteiger partial charge >= 0.3 is 11.9 Å². The van der Waals surface area contributed by atoms with Crippen molar-refractivity contribution in [3.8, 4) is 0 Å². The Kier molecular flexibility index (Phi) is 8.96. The van der Waals surface area contributed by atoms with Gasteiger partial charge < -0.3 is 20.6 Å². The monoisotopic (exact) mass is 774 g/mol. The van der Waals surface area contributed by atoms with Crippen LogP contribution in [-0.4, -0.2) is 38.3 Å². The molecule has 0 bridgehead atoms. The summed E-state index contributed by atoms with van der Waals surface area (Å²) < 4.78 is 2.80. The highest BCUT2D eigenvalue weighted by Gasteiger charge is 2.23. The topological polar surface area (TPSA) is 202 Å². The summed E-state index contributed by atoms with van der Waals surface area (Å²) in [4.78, 5) is 43.3. The van der Waals surface area contributed by atoms with Gasteiger partial charge in [-0.3, -0.25) is 21.1 Å². The summed E-state index contributed by atoms with van der Waals surface area (Å²) in [6, 6.07) is 2.73. The lowest BCUT2D eigenvalue weighted by Gasteiger charge is -2.12. The first-order chi connectivity index (χ1) is 18.1. The van der Waals surface area contributed by atoms with Gasteiger partial charge in [-0.25, -0.2) is 19.9 Å². The van der Waals surface area contributed by atoms with Gasteiger partial charge in [-0.15, -0.1) is 0 Å². The molecule has 0 saturated heterocycles. The molecule has 0 aromatic carbocycles. The fraction of sp³-hybridized carbons (Fsp3) is 0.0909. The molecule has 4 aromatic heterocycles. The number of hydrogen-bond acceptors (Lipinski definition) is 4. The van der Waals surface area contributed by atoms with Gasteiger partial charge in [0.15, 0.2) is 0 Å². The number of carbonyl (C=O) groups excluding carboxylic acids is 2.